The fraction of sp³-hybridized carbons (Fsp3) is 0.100. The zero-order valence-corrected chi connectivity index (χ0v) is 6.57. The lowest BCUT2D eigenvalue weighted by Gasteiger charge is -2.00. The van der Waals surface area contributed by atoms with Crippen LogP contribution < -0.4 is 4.74 Å². The van der Waals surface area contributed by atoms with Gasteiger partial charge in [-0.1, -0.05) is 30.9 Å². The first-order valence-electron chi connectivity index (χ1n) is 3.62. The van der Waals surface area contributed by atoms with Crippen molar-refractivity contribution in [2.75, 3.05) is 0 Å². The van der Waals surface area contributed by atoms with Gasteiger partial charge in [-0.3, -0.25) is 4.79 Å². The lowest BCUT2D eigenvalue weighted by atomic mass is 10.3. The highest BCUT2D eigenvalue weighted by Gasteiger charge is 1.99. The normalized spacial score (nSPS) is 9.00. The Hall–Kier alpha value is -1.57. The molecule has 0 amide bonds. The van der Waals surface area contributed by atoms with Crippen molar-refractivity contribution in [1.29, 1.82) is 0 Å². The van der Waals surface area contributed by atoms with Gasteiger partial charge in [0.15, 0.2) is 0 Å². The lowest BCUT2D eigenvalue weighted by molar-refractivity contribution is -0.133. The van der Waals surface area contributed by atoms with E-state index in [2.05, 4.69) is 0 Å². The first kappa shape index (κ1) is 8.53. The average Bonchev–Trinajstić information content (AvgIpc) is 2.06. The molecule has 12 heavy (non-hydrogen) atoms. The summed E-state index contributed by atoms with van der Waals surface area (Å²) in [5, 5.41) is 0. The van der Waals surface area contributed by atoms with Gasteiger partial charge in [-0.25, -0.2) is 0 Å². The number of ether oxygens (including phenoxy) is 1. The summed E-state index contributed by atoms with van der Waals surface area (Å²) in [6.45, 7) is 5.06. The minimum atomic E-state index is -0.344. The molecule has 0 saturated carbocycles. The van der Waals surface area contributed by atoms with E-state index >= 15 is 0 Å². The van der Waals surface area contributed by atoms with Gasteiger partial charge >= 0.3 is 5.97 Å². The maximum Gasteiger partial charge on any atom is 0.315 e. The molecule has 0 fully saturated rings. The Morgan fingerprint density at radius 2 is 2.08 bits per heavy atom. The summed E-state index contributed by atoms with van der Waals surface area (Å²) >= 11 is 0. The van der Waals surface area contributed by atoms with Crippen LogP contribution in [-0.2, 0) is 4.79 Å². The number of esters is 1. The van der Waals surface area contributed by atoms with Crippen LogP contribution in [0.25, 0.3) is 0 Å². The molecule has 0 atom stereocenters. The van der Waals surface area contributed by atoms with E-state index in [0.29, 0.717) is 5.75 Å². The quantitative estimate of drug-likeness (QED) is 0.500. The molecule has 0 saturated heterocycles. The Bertz CT molecular complexity index is 264. The molecule has 2 heteroatoms. The van der Waals surface area contributed by atoms with Crippen LogP contribution in [0.4, 0.5) is 0 Å². The predicted molar refractivity (Wildman–Crippen MR) is 45.6 cm³/mol. The number of carbonyl (C=O) groups excluding carboxylic acids is 1. The van der Waals surface area contributed by atoms with Crippen molar-refractivity contribution in [3.63, 3.8) is 0 Å². The van der Waals surface area contributed by atoms with Crippen molar-refractivity contribution in [2.24, 2.45) is 0 Å². The third-order valence-corrected chi connectivity index (χ3v) is 1.26. The molecule has 0 aliphatic rings. The first-order chi connectivity index (χ1) is 5.83. The molecule has 0 heterocycles. The molecule has 61 valence electrons. The third kappa shape index (κ3) is 2.58. The fourth-order valence-corrected chi connectivity index (χ4v) is 0.758. The van der Waals surface area contributed by atoms with E-state index < -0.39 is 0 Å². The van der Waals surface area contributed by atoms with Crippen molar-refractivity contribution in [1.82, 2.24) is 0 Å². The summed E-state index contributed by atoms with van der Waals surface area (Å²) < 4.78 is 4.90. The van der Waals surface area contributed by atoms with E-state index in [1.807, 2.05) is 6.07 Å². The maximum absolute atomic E-state index is 10.9. The zero-order chi connectivity index (χ0) is 8.81. The smallest absolute Gasteiger partial charge is 0.315 e. The molecule has 1 radical (unpaired) electrons. The molecule has 1 aromatic carbocycles. The van der Waals surface area contributed by atoms with E-state index in [1.165, 1.54) is 6.08 Å². The Labute approximate surface area is 71.5 Å². The van der Waals surface area contributed by atoms with Crippen LogP contribution >= 0.6 is 0 Å². The molecule has 0 N–H and O–H groups in total. The first-order valence-corrected chi connectivity index (χ1v) is 3.62. The van der Waals surface area contributed by atoms with Crippen molar-refractivity contribution in [3.8, 4) is 5.75 Å². The summed E-state index contributed by atoms with van der Waals surface area (Å²) in [6, 6.07) is 8.89. The topological polar surface area (TPSA) is 26.3 Å². The van der Waals surface area contributed by atoms with Crippen molar-refractivity contribution in [3.05, 3.63) is 43.0 Å². The van der Waals surface area contributed by atoms with E-state index in [-0.39, 0.29) is 12.4 Å². The molecule has 1 rings (SSSR count). The van der Waals surface area contributed by atoms with E-state index in [9.17, 15) is 4.79 Å². The van der Waals surface area contributed by atoms with Gasteiger partial charge in [0.1, 0.15) is 5.75 Å². The number of hydrogen-bond acceptors (Lipinski definition) is 2. The Balaban J connectivity index is 2.52. The van der Waals surface area contributed by atoms with Crippen LogP contribution in [0.5, 0.6) is 5.75 Å². The highest BCUT2D eigenvalue weighted by atomic mass is 16.5. The fourth-order valence-electron chi connectivity index (χ4n) is 0.758. The summed E-state index contributed by atoms with van der Waals surface area (Å²) in [7, 11) is 0. The van der Waals surface area contributed by atoms with Crippen LogP contribution in [0, 0.1) is 6.58 Å². The summed E-state index contributed by atoms with van der Waals surface area (Å²) in [5.74, 6) is 0.202. The maximum atomic E-state index is 10.9. The SMILES string of the molecule is [CH]=CCC(=O)Oc1ccccc1. The second-order valence-corrected chi connectivity index (χ2v) is 2.23. The largest absolute Gasteiger partial charge is 0.426 e. The third-order valence-electron chi connectivity index (χ3n) is 1.26. The highest BCUT2D eigenvalue weighted by molar-refractivity contribution is 5.73. The van der Waals surface area contributed by atoms with Crippen LogP contribution in [0.3, 0.4) is 0 Å². The van der Waals surface area contributed by atoms with Gasteiger partial charge in [0, 0.05) is 0 Å². The number of hydrogen-bond donors (Lipinski definition) is 0. The Kier molecular flexibility index (Phi) is 3.08. The van der Waals surface area contributed by atoms with Crippen molar-refractivity contribution < 1.29 is 9.53 Å². The van der Waals surface area contributed by atoms with Crippen LogP contribution in [0.15, 0.2) is 36.4 Å². The molecule has 0 aromatic heterocycles. The molecular formula is C10H9O2. The van der Waals surface area contributed by atoms with Gasteiger partial charge in [-0.2, -0.15) is 0 Å². The second-order valence-electron chi connectivity index (χ2n) is 2.23. The highest BCUT2D eigenvalue weighted by Crippen LogP contribution is 2.08. The lowest BCUT2D eigenvalue weighted by Crippen LogP contribution is -2.05. The van der Waals surface area contributed by atoms with Crippen molar-refractivity contribution in [2.45, 2.75) is 6.42 Å². The second kappa shape index (κ2) is 4.34. The minimum absolute atomic E-state index is 0.134. The monoisotopic (exact) mass is 161 g/mol. The summed E-state index contributed by atoms with van der Waals surface area (Å²) in [5.41, 5.74) is 0. The number of carbonyl (C=O) groups is 1. The van der Waals surface area contributed by atoms with E-state index in [4.69, 9.17) is 11.3 Å². The Morgan fingerprint density at radius 3 is 2.67 bits per heavy atom. The summed E-state index contributed by atoms with van der Waals surface area (Å²) in [4.78, 5) is 10.9. The molecule has 0 unspecified atom stereocenters. The molecule has 0 bridgehead atoms. The average molecular weight is 161 g/mol. The molecule has 0 spiro atoms. The predicted octanol–water partition coefficient (Wildman–Crippen LogP) is 1.97. The standard InChI is InChI=1S/C10H9O2/c1-2-6-10(11)12-9-7-4-3-5-8-9/h1-5,7-8H,6H2. The van der Waals surface area contributed by atoms with Gasteiger partial charge in [0.25, 0.3) is 0 Å². The van der Waals surface area contributed by atoms with Gasteiger partial charge < -0.3 is 4.74 Å². The number of para-hydroxylation sites is 1. The molecule has 0 aliphatic heterocycles. The Morgan fingerprint density at radius 1 is 1.42 bits per heavy atom. The van der Waals surface area contributed by atoms with Gasteiger partial charge in [-0.15, -0.1) is 0 Å². The number of rotatable bonds is 3. The van der Waals surface area contributed by atoms with Gasteiger partial charge in [0.2, 0.25) is 0 Å². The molecule has 2 nitrogen and oxygen atoms in total. The van der Waals surface area contributed by atoms with Crippen LogP contribution in [0.1, 0.15) is 6.42 Å². The molecule has 0 aliphatic carbocycles. The zero-order valence-electron chi connectivity index (χ0n) is 6.57. The van der Waals surface area contributed by atoms with E-state index in [1.54, 1.807) is 24.3 Å². The minimum Gasteiger partial charge on any atom is -0.426 e. The van der Waals surface area contributed by atoms with Crippen LogP contribution in [-0.4, -0.2) is 5.97 Å². The molecular weight excluding hydrogens is 152 g/mol. The van der Waals surface area contributed by atoms with Crippen molar-refractivity contribution >= 4 is 5.97 Å². The van der Waals surface area contributed by atoms with E-state index in [0.717, 1.165) is 0 Å². The molecule has 1 aromatic rings. The van der Waals surface area contributed by atoms with Crippen LogP contribution in [0.2, 0.25) is 0 Å². The summed E-state index contributed by atoms with van der Waals surface area (Å²) in [6.07, 6.45) is 1.40. The van der Waals surface area contributed by atoms with Gasteiger partial charge in [-0.05, 0) is 12.1 Å². The number of benzene rings is 1. The van der Waals surface area contributed by atoms with Gasteiger partial charge in [0.05, 0.1) is 6.42 Å².